The van der Waals surface area contributed by atoms with Gasteiger partial charge in [0.25, 0.3) is 5.91 Å². The van der Waals surface area contributed by atoms with Crippen LogP contribution in [0, 0.1) is 12.3 Å². The first-order valence-corrected chi connectivity index (χ1v) is 16.5. The summed E-state index contributed by atoms with van der Waals surface area (Å²) in [4.78, 5) is 49.8. The molecule has 2 aromatic heterocycles. The third-order valence-electron chi connectivity index (χ3n) is 8.02. The fourth-order valence-corrected chi connectivity index (χ4v) is 5.06. The predicted molar refractivity (Wildman–Crippen MR) is 186 cm³/mol. The number of aryl methyl sites for hydroxylation is 1. The molecule has 2 aromatic carbocycles. The van der Waals surface area contributed by atoms with Crippen LogP contribution in [0.2, 0.25) is 0 Å². The molecule has 48 heavy (non-hydrogen) atoms. The summed E-state index contributed by atoms with van der Waals surface area (Å²) >= 11 is 0. The highest BCUT2D eigenvalue weighted by molar-refractivity contribution is 5.97. The van der Waals surface area contributed by atoms with Gasteiger partial charge in [0.2, 0.25) is 11.8 Å². The fraction of sp³-hybridized carbons (Fsp3) is 0.432. The first kappa shape index (κ1) is 36.1. The quantitative estimate of drug-likeness (QED) is 0.218. The van der Waals surface area contributed by atoms with Crippen molar-refractivity contribution in [1.29, 1.82) is 0 Å². The van der Waals surface area contributed by atoms with Crippen LogP contribution in [0.3, 0.4) is 0 Å². The lowest BCUT2D eigenvalue weighted by molar-refractivity contribution is -0.133. The molecule has 11 nitrogen and oxygen atoms in total. The summed E-state index contributed by atoms with van der Waals surface area (Å²) in [6.45, 7) is 13.4. The lowest BCUT2D eigenvalue weighted by Crippen LogP contribution is -2.50. The predicted octanol–water partition coefficient (Wildman–Crippen LogP) is 5.55. The highest BCUT2D eigenvalue weighted by Crippen LogP contribution is 2.25. The third-order valence-corrected chi connectivity index (χ3v) is 8.02. The third kappa shape index (κ3) is 10.4. The minimum absolute atomic E-state index is 0.00117. The van der Waals surface area contributed by atoms with Crippen molar-refractivity contribution in [3.05, 3.63) is 103 Å². The summed E-state index contributed by atoms with van der Waals surface area (Å²) in [5.41, 5.74) is 2.24. The van der Waals surface area contributed by atoms with Gasteiger partial charge in [-0.1, -0.05) is 80.9 Å². The van der Waals surface area contributed by atoms with Crippen LogP contribution in [0.5, 0.6) is 0 Å². The van der Waals surface area contributed by atoms with Crippen molar-refractivity contribution in [1.82, 2.24) is 29.3 Å². The second-order valence-corrected chi connectivity index (χ2v) is 13.4. The number of aromatic nitrogens is 4. The van der Waals surface area contributed by atoms with Crippen LogP contribution in [0.25, 0.3) is 0 Å². The molecule has 1 aliphatic rings. The number of hydrogen-bond acceptors (Lipinski definition) is 6. The molecule has 0 aliphatic carbocycles. The van der Waals surface area contributed by atoms with Gasteiger partial charge in [-0.15, -0.1) is 0 Å². The molecule has 256 valence electrons. The molecule has 5 rings (SSSR count). The summed E-state index contributed by atoms with van der Waals surface area (Å²) in [6.07, 6.45) is 10.8. The van der Waals surface area contributed by atoms with E-state index in [-0.39, 0.29) is 24.2 Å². The molecule has 3 amide bonds. The van der Waals surface area contributed by atoms with Crippen molar-refractivity contribution < 1.29 is 19.1 Å². The van der Waals surface area contributed by atoms with E-state index < -0.39 is 23.4 Å². The number of ether oxygens (including phenoxy) is 1. The first-order chi connectivity index (χ1) is 22.9. The van der Waals surface area contributed by atoms with Gasteiger partial charge in [-0.05, 0) is 44.7 Å². The Kier molecular flexibility index (Phi) is 12.7. The van der Waals surface area contributed by atoms with Crippen LogP contribution in [-0.2, 0) is 25.7 Å². The second kappa shape index (κ2) is 16.9. The molecule has 2 N–H and O–H groups in total. The Morgan fingerprint density at radius 1 is 0.938 bits per heavy atom. The van der Waals surface area contributed by atoms with E-state index in [2.05, 4.69) is 39.0 Å². The van der Waals surface area contributed by atoms with Gasteiger partial charge < -0.3 is 29.4 Å². The van der Waals surface area contributed by atoms with Gasteiger partial charge in [0.15, 0.2) is 5.82 Å². The van der Waals surface area contributed by atoms with Crippen molar-refractivity contribution in [3.8, 4) is 0 Å². The van der Waals surface area contributed by atoms with E-state index in [0.717, 1.165) is 42.6 Å². The fourth-order valence-electron chi connectivity index (χ4n) is 5.06. The summed E-state index contributed by atoms with van der Waals surface area (Å²) in [5.74, 6) is -0.429. The largest absolute Gasteiger partial charge is 0.374 e. The SMILES string of the molecule is CC(C)n1ccnc1.Cc1ccc(C(C(=O)N2CCCC2)n2cnc(NC(=O)[C@@H](COCc3ccccc3)NC(=O)C(C)(C)C)c2)cc1. The van der Waals surface area contributed by atoms with Gasteiger partial charge in [0.05, 0.1) is 25.9 Å². The van der Waals surface area contributed by atoms with Crippen LogP contribution in [0.4, 0.5) is 5.82 Å². The van der Waals surface area contributed by atoms with Crippen LogP contribution in [0.15, 0.2) is 85.8 Å². The van der Waals surface area contributed by atoms with Gasteiger partial charge in [-0.3, -0.25) is 14.4 Å². The molecule has 1 aliphatic heterocycles. The average Bonchev–Trinajstić information content (AvgIpc) is 3.86. The van der Waals surface area contributed by atoms with E-state index in [0.29, 0.717) is 12.6 Å². The molecule has 4 aromatic rings. The highest BCUT2D eigenvalue weighted by Gasteiger charge is 2.31. The number of imidazole rings is 2. The van der Waals surface area contributed by atoms with Gasteiger partial charge in [-0.25, -0.2) is 9.97 Å². The Morgan fingerprint density at radius 3 is 2.21 bits per heavy atom. The number of benzene rings is 2. The topological polar surface area (TPSA) is 123 Å². The molecule has 0 spiro atoms. The second-order valence-electron chi connectivity index (χ2n) is 13.4. The van der Waals surface area contributed by atoms with Crippen LogP contribution < -0.4 is 10.6 Å². The van der Waals surface area contributed by atoms with E-state index in [4.69, 9.17) is 4.74 Å². The molecule has 0 bridgehead atoms. The Morgan fingerprint density at radius 2 is 1.62 bits per heavy atom. The molecule has 1 saturated heterocycles. The van der Waals surface area contributed by atoms with Crippen molar-refractivity contribution in [2.24, 2.45) is 5.41 Å². The van der Waals surface area contributed by atoms with E-state index in [1.165, 1.54) is 0 Å². The monoisotopic (exact) mass is 655 g/mol. The number of hydrogen-bond donors (Lipinski definition) is 2. The van der Waals surface area contributed by atoms with E-state index in [1.807, 2.05) is 78.9 Å². The molecule has 11 heteroatoms. The van der Waals surface area contributed by atoms with Crippen molar-refractivity contribution in [2.45, 2.75) is 79.1 Å². The van der Waals surface area contributed by atoms with Gasteiger partial charge in [-0.2, -0.15) is 0 Å². The smallest absolute Gasteiger partial charge is 0.250 e. The van der Waals surface area contributed by atoms with Crippen LogP contribution in [0.1, 0.15) is 76.2 Å². The molecule has 3 heterocycles. The molecule has 0 radical (unpaired) electrons. The number of likely N-dealkylation sites (tertiary alicyclic amines) is 1. The molecule has 0 saturated carbocycles. The number of nitrogens with zero attached hydrogens (tertiary/aromatic N) is 5. The molecular weight excluding hydrogens is 606 g/mol. The Labute approximate surface area is 283 Å². The Bertz CT molecular complexity index is 1590. The zero-order valence-electron chi connectivity index (χ0n) is 28.9. The molecule has 1 fully saturated rings. The molecular formula is C37H49N7O4. The lowest BCUT2D eigenvalue weighted by Gasteiger charge is -2.24. The maximum Gasteiger partial charge on any atom is 0.250 e. The maximum atomic E-state index is 13.5. The van der Waals surface area contributed by atoms with E-state index in [1.54, 1.807) is 44.1 Å². The standard InChI is InChI=1S/C31H39N5O4.C6H10N2/c1-22-12-14-24(15-13-22)27(29(38)35-16-8-9-17-35)36-18-26(32-21-36)34-28(37)25(33-30(39)31(2,3)4)20-40-19-23-10-6-5-7-11-23;1-6(2)8-4-3-7-5-8/h5-7,10-15,18,21,25,27H,8-9,16-17,19-20H2,1-4H3,(H,33,39)(H,34,37);3-6H,1-2H3/t25-,27?;/m1./s1. The summed E-state index contributed by atoms with van der Waals surface area (Å²) < 4.78 is 9.59. The van der Waals surface area contributed by atoms with Crippen molar-refractivity contribution in [2.75, 3.05) is 25.0 Å². The number of carbonyl (C=O) groups is 3. The molecule has 2 atom stereocenters. The average molecular weight is 656 g/mol. The Hall–Kier alpha value is -4.77. The van der Waals surface area contributed by atoms with Crippen LogP contribution in [-0.4, -0.2) is 67.5 Å². The lowest BCUT2D eigenvalue weighted by atomic mass is 9.95. The maximum absolute atomic E-state index is 13.5. The van der Waals surface area contributed by atoms with Gasteiger partial charge in [0.1, 0.15) is 12.1 Å². The number of amides is 3. The van der Waals surface area contributed by atoms with E-state index in [9.17, 15) is 14.4 Å². The number of anilines is 1. The first-order valence-electron chi connectivity index (χ1n) is 16.5. The zero-order valence-corrected chi connectivity index (χ0v) is 28.9. The van der Waals surface area contributed by atoms with Gasteiger partial charge >= 0.3 is 0 Å². The minimum Gasteiger partial charge on any atom is -0.374 e. The van der Waals surface area contributed by atoms with Crippen molar-refractivity contribution in [3.63, 3.8) is 0 Å². The number of carbonyl (C=O) groups excluding carboxylic acids is 3. The molecule has 1 unspecified atom stereocenters. The van der Waals surface area contributed by atoms with E-state index >= 15 is 0 Å². The highest BCUT2D eigenvalue weighted by atomic mass is 16.5. The summed E-state index contributed by atoms with van der Waals surface area (Å²) in [7, 11) is 0. The van der Waals surface area contributed by atoms with Crippen molar-refractivity contribution >= 4 is 23.5 Å². The Balaban J connectivity index is 0.000000569. The zero-order chi connectivity index (χ0) is 34.7. The minimum atomic E-state index is -0.931. The normalized spacial score (nSPS) is 14.2. The number of rotatable bonds is 11. The van der Waals surface area contributed by atoms with Crippen LogP contribution >= 0.6 is 0 Å². The summed E-state index contributed by atoms with van der Waals surface area (Å²) in [6, 6.07) is 16.5. The van der Waals surface area contributed by atoms with Gasteiger partial charge in [0, 0.05) is 43.1 Å². The number of nitrogens with one attached hydrogen (secondary N) is 2. The summed E-state index contributed by atoms with van der Waals surface area (Å²) in [5, 5.41) is 5.61.